The maximum Gasteiger partial charge on any atom is 0.226 e. The average Bonchev–Trinajstić information content (AvgIpc) is 2.57. The summed E-state index contributed by atoms with van der Waals surface area (Å²) in [4.78, 5) is 14.6. The lowest BCUT2D eigenvalue weighted by Gasteiger charge is -2.37. The lowest BCUT2D eigenvalue weighted by atomic mass is 9.90. The highest BCUT2D eigenvalue weighted by atomic mass is 16.2. The molecule has 1 amide bonds. The second-order valence-corrected chi connectivity index (χ2v) is 5.98. The smallest absolute Gasteiger partial charge is 0.226 e. The summed E-state index contributed by atoms with van der Waals surface area (Å²) in [5, 5.41) is 3.41. The Kier molecular flexibility index (Phi) is 3.24. The second-order valence-electron chi connectivity index (χ2n) is 5.98. The minimum Gasteiger partial charge on any atom is -0.337 e. The van der Waals surface area contributed by atoms with E-state index in [1.807, 2.05) is 0 Å². The highest BCUT2D eigenvalue weighted by molar-refractivity contribution is 5.80. The Labute approximate surface area is 98.6 Å². The number of piperidine rings is 1. The van der Waals surface area contributed by atoms with Crippen LogP contribution in [-0.2, 0) is 4.79 Å². The Morgan fingerprint density at radius 2 is 2.19 bits per heavy atom. The van der Waals surface area contributed by atoms with Gasteiger partial charge in [-0.25, -0.2) is 0 Å². The van der Waals surface area contributed by atoms with Crippen LogP contribution in [0.3, 0.4) is 0 Å². The molecular weight excluding hydrogens is 200 g/mol. The van der Waals surface area contributed by atoms with Gasteiger partial charge in [0.2, 0.25) is 5.91 Å². The first-order chi connectivity index (χ1) is 7.50. The van der Waals surface area contributed by atoms with Gasteiger partial charge in [-0.05, 0) is 53.0 Å². The molecule has 2 unspecified atom stereocenters. The lowest BCUT2D eigenvalue weighted by Crippen LogP contribution is -2.49. The quantitative estimate of drug-likeness (QED) is 0.736. The Morgan fingerprint density at radius 3 is 2.75 bits per heavy atom. The molecule has 0 aromatic carbocycles. The third kappa shape index (κ3) is 2.24. The third-order valence-electron chi connectivity index (χ3n) is 4.14. The minimum absolute atomic E-state index is 0.0885. The first-order valence-electron chi connectivity index (χ1n) is 6.55. The Bertz CT molecular complexity index is 275. The molecule has 2 rings (SSSR count). The minimum atomic E-state index is 0.0885. The second kappa shape index (κ2) is 4.36. The highest BCUT2D eigenvalue weighted by Crippen LogP contribution is 2.31. The molecule has 3 nitrogen and oxygen atoms in total. The summed E-state index contributed by atoms with van der Waals surface area (Å²) in [6.07, 6.45) is 4.33. The largest absolute Gasteiger partial charge is 0.337 e. The molecule has 0 spiro atoms. The summed E-state index contributed by atoms with van der Waals surface area (Å²) in [6, 6.07) is 0.494. The molecular formula is C13H24N2O. The van der Waals surface area contributed by atoms with Crippen LogP contribution >= 0.6 is 0 Å². The fourth-order valence-electron chi connectivity index (χ4n) is 3.09. The first kappa shape index (κ1) is 11.9. The molecule has 1 N–H and O–H groups in total. The molecule has 0 radical (unpaired) electrons. The molecule has 2 atom stereocenters. The van der Waals surface area contributed by atoms with Crippen LogP contribution < -0.4 is 5.32 Å². The van der Waals surface area contributed by atoms with E-state index >= 15 is 0 Å². The van der Waals surface area contributed by atoms with Crippen molar-refractivity contribution < 1.29 is 4.79 Å². The van der Waals surface area contributed by atoms with Crippen molar-refractivity contribution in [2.24, 2.45) is 5.92 Å². The molecule has 0 bridgehead atoms. The number of carbonyl (C=O) groups is 1. The van der Waals surface area contributed by atoms with Crippen LogP contribution in [0.5, 0.6) is 0 Å². The van der Waals surface area contributed by atoms with Gasteiger partial charge in [-0.3, -0.25) is 4.79 Å². The Hall–Kier alpha value is -0.570. The van der Waals surface area contributed by atoms with Crippen molar-refractivity contribution in [2.45, 2.75) is 58.0 Å². The van der Waals surface area contributed by atoms with Crippen molar-refractivity contribution in [1.82, 2.24) is 10.2 Å². The van der Waals surface area contributed by atoms with Crippen molar-refractivity contribution >= 4 is 5.91 Å². The lowest BCUT2D eigenvalue weighted by molar-refractivity contribution is -0.139. The molecule has 2 aliphatic rings. The molecule has 2 heterocycles. The molecule has 0 aromatic rings. The van der Waals surface area contributed by atoms with Crippen molar-refractivity contribution in [2.75, 3.05) is 13.1 Å². The van der Waals surface area contributed by atoms with E-state index in [4.69, 9.17) is 0 Å². The number of nitrogens with zero attached hydrogens (tertiary/aromatic N) is 1. The van der Waals surface area contributed by atoms with Crippen LogP contribution in [0.15, 0.2) is 0 Å². The van der Waals surface area contributed by atoms with Crippen molar-refractivity contribution in [3.8, 4) is 0 Å². The van der Waals surface area contributed by atoms with Crippen LogP contribution in [0.1, 0.15) is 46.5 Å². The highest BCUT2D eigenvalue weighted by Gasteiger charge is 2.39. The van der Waals surface area contributed by atoms with E-state index < -0.39 is 0 Å². The van der Waals surface area contributed by atoms with Crippen LogP contribution in [0.25, 0.3) is 0 Å². The van der Waals surface area contributed by atoms with E-state index in [9.17, 15) is 4.79 Å². The maximum absolute atomic E-state index is 12.5. The zero-order valence-corrected chi connectivity index (χ0v) is 10.8. The standard InChI is InChI=1S/C13H24N2O/c1-10-9-11(5-7-14-10)12(16)15-8-4-6-13(15,2)3/h10-11,14H,4-9H2,1-3H3. The zero-order valence-electron chi connectivity index (χ0n) is 10.8. The molecule has 2 saturated heterocycles. The number of nitrogens with one attached hydrogen (secondary N) is 1. The number of rotatable bonds is 1. The van der Waals surface area contributed by atoms with Gasteiger partial charge >= 0.3 is 0 Å². The van der Waals surface area contributed by atoms with E-state index in [1.54, 1.807) is 0 Å². The number of hydrogen-bond acceptors (Lipinski definition) is 2. The van der Waals surface area contributed by atoms with Gasteiger partial charge in [0.25, 0.3) is 0 Å². The monoisotopic (exact) mass is 224 g/mol. The molecule has 16 heavy (non-hydrogen) atoms. The number of likely N-dealkylation sites (tertiary alicyclic amines) is 1. The van der Waals surface area contributed by atoms with Gasteiger partial charge in [0.05, 0.1) is 0 Å². The van der Waals surface area contributed by atoms with Gasteiger partial charge in [-0.1, -0.05) is 0 Å². The van der Waals surface area contributed by atoms with Gasteiger partial charge in [-0.2, -0.15) is 0 Å². The topological polar surface area (TPSA) is 32.3 Å². The van der Waals surface area contributed by atoms with E-state index in [-0.39, 0.29) is 11.5 Å². The first-order valence-corrected chi connectivity index (χ1v) is 6.55. The molecule has 0 aliphatic carbocycles. The van der Waals surface area contributed by atoms with Gasteiger partial charge in [0, 0.05) is 24.0 Å². The predicted molar refractivity (Wildman–Crippen MR) is 65.2 cm³/mol. The van der Waals surface area contributed by atoms with Gasteiger partial charge in [0.15, 0.2) is 0 Å². The molecule has 2 fully saturated rings. The summed E-state index contributed by atoms with van der Waals surface area (Å²) < 4.78 is 0. The summed E-state index contributed by atoms with van der Waals surface area (Å²) in [7, 11) is 0. The molecule has 2 aliphatic heterocycles. The average molecular weight is 224 g/mol. The fourth-order valence-corrected chi connectivity index (χ4v) is 3.09. The number of hydrogen-bond donors (Lipinski definition) is 1. The van der Waals surface area contributed by atoms with Crippen LogP contribution in [-0.4, -0.2) is 35.5 Å². The Balaban J connectivity index is 2.01. The molecule has 3 heteroatoms. The van der Waals surface area contributed by atoms with Crippen molar-refractivity contribution in [3.63, 3.8) is 0 Å². The third-order valence-corrected chi connectivity index (χ3v) is 4.14. The van der Waals surface area contributed by atoms with E-state index in [2.05, 4.69) is 31.0 Å². The van der Waals surface area contributed by atoms with Crippen LogP contribution in [0.2, 0.25) is 0 Å². The van der Waals surface area contributed by atoms with Crippen LogP contribution in [0.4, 0.5) is 0 Å². The zero-order chi connectivity index (χ0) is 11.8. The normalized spacial score (nSPS) is 34.1. The summed E-state index contributed by atoms with van der Waals surface area (Å²) >= 11 is 0. The Morgan fingerprint density at radius 1 is 1.44 bits per heavy atom. The predicted octanol–water partition coefficient (Wildman–Crippen LogP) is 1.78. The number of carbonyl (C=O) groups excluding carboxylic acids is 1. The SMILES string of the molecule is CC1CC(C(=O)N2CCCC2(C)C)CCN1. The summed E-state index contributed by atoms with van der Waals surface area (Å²) in [5.74, 6) is 0.657. The maximum atomic E-state index is 12.5. The number of amides is 1. The van der Waals surface area contributed by atoms with Gasteiger partial charge < -0.3 is 10.2 Å². The van der Waals surface area contributed by atoms with E-state index in [0.29, 0.717) is 11.9 Å². The van der Waals surface area contributed by atoms with Gasteiger partial charge in [0.1, 0.15) is 0 Å². The molecule has 0 saturated carbocycles. The van der Waals surface area contributed by atoms with Crippen molar-refractivity contribution in [1.29, 1.82) is 0 Å². The van der Waals surface area contributed by atoms with E-state index in [0.717, 1.165) is 32.4 Å². The van der Waals surface area contributed by atoms with Gasteiger partial charge in [-0.15, -0.1) is 0 Å². The fraction of sp³-hybridized carbons (Fsp3) is 0.923. The molecule has 92 valence electrons. The van der Waals surface area contributed by atoms with Crippen molar-refractivity contribution in [3.05, 3.63) is 0 Å². The van der Waals surface area contributed by atoms with E-state index in [1.165, 1.54) is 6.42 Å². The molecule has 0 aromatic heterocycles. The van der Waals surface area contributed by atoms with Crippen LogP contribution in [0, 0.1) is 5.92 Å². The summed E-state index contributed by atoms with van der Waals surface area (Å²) in [5.41, 5.74) is 0.0885. The summed E-state index contributed by atoms with van der Waals surface area (Å²) in [6.45, 7) is 8.52.